The lowest BCUT2D eigenvalue weighted by molar-refractivity contribution is -0.296. The van der Waals surface area contributed by atoms with E-state index in [1.807, 2.05) is 6.92 Å². The molecular formula is C21H34O4. The molecule has 0 radical (unpaired) electrons. The van der Waals surface area contributed by atoms with Crippen LogP contribution in [0.2, 0.25) is 0 Å². The second kappa shape index (κ2) is 5.30. The summed E-state index contributed by atoms with van der Waals surface area (Å²) in [5.41, 5.74) is -2.79. The van der Waals surface area contributed by atoms with Crippen LogP contribution in [0.1, 0.15) is 78.6 Å². The van der Waals surface area contributed by atoms with Crippen molar-refractivity contribution in [1.29, 1.82) is 0 Å². The lowest BCUT2D eigenvalue weighted by Crippen LogP contribution is -2.73. The number of hydrogen-bond donors (Lipinski definition) is 3. The number of ketones is 1. The highest BCUT2D eigenvalue weighted by atomic mass is 16.4. The van der Waals surface area contributed by atoms with Crippen LogP contribution in [0.15, 0.2) is 0 Å². The zero-order valence-corrected chi connectivity index (χ0v) is 15.9. The maximum Gasteiger partial charge on any atom is 0.133 e. The summed E-state index contributed by atoms with van der Waals surface area (Å²) < 4.78 is 0. The van der Waals surface area contributed by atoms with Gasteiger partial charge in [-0.25, -0.2) is 0 Å². The molecule has 0 aromatic heterocycles. The van der Waals surface area contributed by atoms with E-state index >= 15 is 0 Å². The number of rotatable bonds is 1. The lowest BCUT2D eigenvalue weighted by Gasteiger charge is -2.67. The van der Waals surface area contributed by atoms with Gasteiger partial charge in [-0.15, -0.1) is 0 Å². The van der Waals surface area contributed by atoms with Gasteiger partial charge in [0.1, 0.15) is 5.78 Å². The van der Waals surface area contributed by atoms with Gasteiger partial charge >= 0.3 is 0 Å². The van der Waals surface area contributed by atoms with E-state index in [1.54, 1.807) is 6.92 Å². The summed E-state index contributed by atoms with van der Waals surface area (Å²) in [5, 5.41) is 33.9. The van der Waals surface area contributed by atoms with E-state index in [4.69, 9.17) is 0 Å². The number of carbonyl (C=O) groups is 1. The molecule has 0 saturated heterocycles. The van der Waals surface area contributed by atoms with Crippen molar-refractivity contribution < 1.29 is 20.1 Å². The van der Waals surface area contributed by atoms with Crippen LogP contribution in [0, 0.1) is 28.6 Å². The van der Waals surface area contributed by atoms with Gasteiger partial charge in [-0.2, -0.15) is 0 Å². The molecule has 4 aliphatic carbocycles. The third kappa shape index (κ3) is 2.02. The summed E-state index contributed by atoms with van der Waals surface area (Å²) in [5.74, 6) is 0.511. The van der Waals surface area contributed by atoms with Crippen molar-refractivity contribution in [1.82, 2.24) is 0 Å². The average molecular weight is 350 g/mol. The van der Waals surface area contributed by atoms with Crippen LogP contribution < -0.4 is 0 Å². The van der Waals surface area contributed by atoms with Gasteiger partial charge in [0.05, 0.1) is 17.3 Å². The molecule has 0 aromatic carbocycles. The molecule has 0 aromatic rings. The smallest absolute Gasteiger partial charge is 0.133 e. The van der Waals surface area contributed by atoms with Gasteiger partial charge in [-0.3, -0.25) is 4.79 Å². The van der Waals surface area contributed by atoms with Crippen LogP contribution in [0.5, 0.6) is 0 Å². The minimum atomic E-state index is -1.16. The van der Waals surface area contributed by atoms with Gasteiger partial charge in [0.25, 0.3) is 0 Å². The molecule has 4 saturated carbocycles. The van der Waals surface area contributed by atoms with Crippen LogP contribution in [-0.2, 0) is 4.79 Å². The average Bonchev–Trinajstić information content (AvgIpc) is 2.82. The molecule has 0 bridgehead atoms. The fourth-order valence-corrected chi connectivity index (χ4v) is 7.91. The van der Waals surface area contributed by atoms with Crippen molar-refractivity contribution in [3.8, 4) is 0 Å². The largest absolute Gasteiger partial charge is 0.393 e. The Labute approximate surface area is 151 Å². The van der Waals surface area contributed by atoms with Crippen molar-refractivity contribution in [3.05, 3.63) is 0 Å². The Balaban J connectivity index is 1.75. The Hall–Kier alpha value is -0.450. The van der Waals surface area contributed by atoms with Crippen molar-refractivity contribution in [2.75, 3.05) is 0 Å². The van der Waals surface area contributed by atoms with Gasteiger partial charge in [0.15, 0.2) is 0 Å². The predicted molar refractivity (Wildman–Crippen MR) is 94.8 cm³/mol. The van der Waals surface area contributed by atoms with Crippen molar-refractivity contribution in [2.24, 2.45) is 28.6 Å². The van der Waals surface area contributed by atoms with Crippen molar-refractivity contribution >= 4 is 5.78 Å². The molecule has 0 amide bonds. The lowest BCUT2D eigenvalue weighted by atomic mass is 9.41. The van der Waals surface area contributed by atoms with Crippen LogP contribution in [0.4, 0.5) is 0 Å². The van der Waals surface area contributed by atoms with E-state index in [-0.39, 0.29) is 29.1 Å². The molecule has 0 heterocycles. The summed E-state index contributed by atoms with van der Waals surface area (Å²) in [4.78, 5) is 12.2. The molecule has 4 heteroatoms. The van der Waals surface area contributed by atoms with E-state index in [0.717, 1.165) is 38.5 Å². The Morgan fingerprint density at radius 3 is 2.36 bits per heavy atom. The topological polar surface area (TPSA) is 77.8 Å². The normalized spacial score (nSPS) is 58.2. The third-order valence-corrected chi connectivity index (χ3v) is 9.42. The van der Waals surface area contributed by atoms with E-state index in [1.165, 1.54) is 0 Å². The molecule has 4 fully saturated rings. The van der Waals surface area contributed by atoms with E-state index in [2.05, 4.69) is 6.92 Å². The van der Waals surface area contributed by atoms with Crippen LogP contribution in [0.25, 0.3) is 0 Å². The minimum absolute atomic E-state index is 0.0163. The fourth-order valence-electron chi connectivity index (χ4n) is 7.91. The first-order chi connectivity index (χ1) is 11.6. The maximum atomic E-state index is 12.2. The van der Waals surface area contributed by atoms with E-state index in [0.29, 0.717) is 25.2 Å². The highest BCUT2D eigenvalue weighted by molar-refractivity contribution is 5.80. The number of Topliss-reactive ketones (excluding diaryl/α,β-unsaturated/α-hetero) is 1. The second-order valence-corrected chi connectivity index (χ2v) is 10.2. The Morgan fingerprint density at radius 2 is 1.68 bits per heavy atom. The third-order valence-electron chi connectivity index (χ3n) is 9.42. The van der Waals surface area contributed by atoms with E-state index < -0.39 is 16.6 Å². The second-order valence-electron chi connectivity index (χ2n) is 10.2. The molecule has 1 unspecified atom stereocenters. The van der Waals surface area contributed by atoms with Crippen LogP contribution in [0.3, 0.4) is 0 Å². The van der Waals surface area contributed by atoms with Gasteiger partial charge < -0.3 is 15.3 Å². The maximum absolute atomic E-state index is 12.2. The molecular weight excluding hydrogens is 316 g/mol. The zero-order chi connectivity index (χ0) is 18.3. The Kier molecular flexibility index (Phi) is 3.80. The van der Waals surface area contributed by atoms with E-state index in [9.17, 15) is 20.1 Å². The summed E-state index contributed by atoms with van der Waals surface area (Å²) in [7, 11) is 0. The molecule has 3 N–H and O–H groups in total. The fraction of sp³-hybridized carbons (Fsp3) is 0.952. The summed E-state index contributed by atoms with van der Waals surface area (Å²) in [6, 6.07) is 0. The first-order valence-corrected chi connectivity index (χ1v) is 10.2. The molecule has 142 valence electrons. The summed E-state index contributed by atoms with van der Waals surface area (Å²) in [6.07, 6.45) is 6.71. The monoisotopic (exact) mass is 350 g/mol. The molecule has 0 spiro atoms. The zero-order valence-electron chi connectivity index (χ0n) is 15.9. The van der Waals surface area contributed by atoms with Gasteiger partial charge in [-0.05, 0) is 82.0 Å². The first kappa shape index (κ1) is 17.9. The molecule has 4 nitrogen and oxygen atoms in total. The number of hydrogen-bond acceptors (Lipinski definition) is 4. The molecule has 8 atom stereocenters. The standard InChI is InChI=1S/C21H34O4/c1-13(22)16-6-11-21(25)19(16,3)9-7-17-18(2)8-5-15(23)12-14(18)4-10-20(17,21)24/h14-17,23-25H,4-12H2,1-3H3/t14-,15?,16-,17+,18-,19+,20-,21-/m0/s1. The van der Waals surface area contributed by atoms with Crippen LogP contribution in [-0.4, -0.2) is 38.4 Å². The predicted octanol–water partition coefficient (Wildman–Crippen LogP) is 2.83. The van der Waals surface area contributed by atoms with Crippen molar-refractivity contribution in [3.63, 3.8) is 0 Å². The Morgan fingerprint density at radius 1 is 0.960 bits per heavy atom. The molecule has 4 aliphatic rings. The quantitative estimate of drug-likeness (QED) is 0.679. The Bertz CT molecular complexity index is 590. The molecule has 0 aliphatic heterocycles. The van der Waals surface area contributed by atoms with Crippen LogP contribution >= 0.6 is 0 Å². The SMILES string of the molecule is CC(=O)[C@@H]1CC[C@]2(O)[C@]1(C)CC[C@@H]1[C@@]3(C)CCC(O)C[C@@H]3CC[C@]12O. The number of aliphatic hydroxyl groups excluding tert-OH is 1. The number of fused-ring (bicyclic) bond motifs is 5. The summed E-state index contributed by atoms with van der Waals surface area (Å²) >= 11 is 0. The number of aliphatic hydroxyl groups is 3. The highest BCUT2D eigenvalue weighted by Crippen LogP contribution is 2.70. The van der Waals surface area contributed by atoms with Gasteiger partial charge in [-0.1, -0.05) is 13.8 Å². The van der Waals surface area contributed by atoms with Gasteiger partial charge in [0.2, 0.25) is 0 Å². The van der Waals surface area contributed by atoms with Gasteiger partial charge in [0, 0.05) is 11.3 Å². The summed E-state index contributed by atoms with van der Waals surface area (Å²) in [6.45, 7) is 5.96. The highest BCUT2D eigenvalue weighted by Gasteiger charge is 2.74. The molecule has 25 heavy (non-hydrogen) atoms. The first-order valence-electron chi connectivity index (χ1n) is 10.2. The minimum Gasteiger partial charge on any atom is -0.393 e. The number of carbonyl (C=O) groups excluding carboxylic acids is 1. The molecule has 4 rings (SSSR count). The van der Waals surface area contributed by atoms with Crippen molar-refractivity contribution in [2.45, 2.75) is 95.9 Å².